The lowest BCUT2D eigenvalue weighted by atomic mass is 10.0. The minimum absolute atomic E-state index is 0.0205. The van der Waals surface area contributed by atoms with Gasteiger partial charge in [0.25, 0.3) is 0 Å². The molecule has 1 saturated heterocycles. The Morgan fingerprint density at radius 2 is 2.08 bits per heavy atom. The monoisotopic (exact) mass is 333 g/mol. The number of nitrogens with zero attached hydrogens (tertiary/aromatic N) is 2. The smallest absolute Gasteiger partial charge is 0.246 e. The summed E-state index contributed by atoms with van der Waals surface area (Å²) < 4.78 is 5.29. The van der Waals surface area contributed by atoms with Crippen LogP contribution in [-0.2, 0) is 9.53 Å². The molecule has 25 heavy (non-hydrogen) atoms. The number of amides is 1. The summed E-state index contributed by atoms with van der Waals surface area (Å²) in [5, 5.41) is 1.15. The first kappa shape index (κ1) is 15.6. The van der Waals surface area contributed by atoms with Crippen molar-refractivity contribution in [3.8, 4) is 11.1 Å². The molecule has 0 aliphatic carbocycles. The number of aromatic nitrogens is 2. The van der Waals surface area contributed by atoms with Crippen molar-refractivity contribution in [1.82, 2.24) is 14.9 Å². The molecule has 0 unspecified atom stereocenters. The number of ether oxygens (including phenoxy) is 1. The molecule has 4 rings (SSSR count). The highest BCUT2D eigenvalue weighted by molar-refractivity contribution is 5.94. The molecule has 1 N–H and O–H groups in total. The lowest BCUT2D eigenvalue weighted by Gasteiger charge is -2.25. The van der Waals surface area contributed by atoms with Crippen LogP contribution in [0.4, 0.5) is 0 Å². The number of hydrogen-bond donors (Lipinski definition) is 1. The number of morpholine rings is 1. The number of hydrogen-bond acceptors (Lipinski definition) is 3. The van der Waals surface area contributed by atoms with E-state index in [9.17, 15) is 4.79 Å². The second-order valence-electron chi connectivity index (χ2n) is 6.01. The zero-order chi connectivity index (χ0) is 17.1. The number of aromatic amines is 1. The van der Waals surface area contributed by atoms with Crippen LogP contribution in [-0.4, -0.2) is 47.1 Å². The number of fused-ring (bicyclic) bond motifs is 1. The van der Waals surface area contributed by atoms with Gasteiger partial charge in [-0.05, 0) is 46.9 Å². The van der Waals surface area contributed by atoms with Crippen molar-refractivity contribution < 1.29 is 9.53 Å². The minimum Gasteiger partial charge on any atom is -0.378 e. The fraction of sp³-hybridized carbons (Fsp3) is 0.200. The maximum Gasteiger partial charge on any atom is 0.246 e. The lowest BCUT2D eigenvalue weighted by molar-refractivity contribution is -0.129. The first-order chi connectivity index (χ1) is 12.3. The molecule has 1 fully saturated rings. The average molecular weight is 333 g/mol. The third kappa shape index (κ3) is 3.32. The van der Waals surface area contributed by atoms with E-state index in [1.807, 2.05) is 35.5 Å². The van der Waals surface area contributed by atoms with Gasteiger partial charge in [0.1, 0.15) is 0 Å². The molecule has 1 amide bonds. The van der Waals surface area contributed by atoms with Gasteiger partial charge in [0.15, 0.2) is 0 Å². The van der Waals surface area contributed by atoms with Gasteiger partial charge < -0.3 is 14.6 Å². The minimum atomic E-state index is 0.0205. The summed E-state index contributed by atoms with van der Waals surface area (Å²) in [6, 6.07) is 10.2. The first-order valence-electron chi connectivity index (χ1n) is 8.37. The van der Waals surface area contributed by atoms with Gasteiger partial charge >= 0.3 is 0 Å². The summed E-state index contributed by atoms with van der Waals surface area (Å²) in [5.41, 5.74) is 4.18. The lowest BCUT2D eigenvalue weighted by Crippen LogP contribution is -2.39. The summed E-state index contributed by atoms with van der Waals surface area (Å²) in [7, 11) is 0. The molecule has 1 aromatic carbocycles. The van der Waals surface area contributed by atoms with E-state index in [1.165, 1.54) is 0 Å². The van der Waals surface area contributed by atoms with Gasteiger partial charge in [0, 0.05) is 48.8 Å². The number of pyridine rings is 1. The summed E-state index contributed by atoms with van der Waals surface area (Å²) >= 11 is 0. The van der Waals surface area contributed by atoms with Crippen molar-refractivity contribution in [2.24, 2.45) is 0 Å². The normalized spacial score (nSPS) is 15.1. The van der Waals surface area contributed by atoms with Crippen LogP contribution in [0.2, 0.25) is 0 Å². The summed E-state index contributed by atoms with van der Waals surface area (Å²) in [5.74, 6) is 0.0205. The predicted octanol–water partition coefficient (Wildman–Crippen LogP) is 3.10. The molecule has 0 spiro atoms. The Balaban J connectivity index is 1.62. The van der Waals surface area contributed by atoms with Crippen molar-refractivity contribution in [2.45, 2.75) is 0 Å². The van der Waals surface area contributed by atoms with Crippen molar-refractivity contribution >= 4 is 22.9 Å². The molecule has 3 heterocycles. The fourth-order valence-electron chi connectivity index (χ4n) is 3.06. The summed E-state index contributed by atoms with van der Waals surface area (Å²) in [6.07, 6.45) is 9.03. The van der Waals surface area contributed by atoms with Crippen LogP contribution in [0, 0.1) is 0 Å². The van der Waals surface area contributed by atoms with Crippen LogP contribution in [0.25, 0.3) is 28.1 Å². The largest absolute Gasteiger partial charge is 0.378 e. The van der Waals surface area contributed by atoms with E-state index in [1.54, 1.807) is 12.3 Å². The maximum absolute atomic E-state index is 12.3. The van der Waals surface area contributed by atoms with Gasteiger partial charge in [0.05, 0.1) is 13.2 Å². The third-order valence-electron chi connectivity index (χ3n) is 4.45. The Labute approximate surface area is 145 Å². The molecular weight excluding hydrogens is 314 g/mol. The van der Waals surface area contributed by atoms with E-state index in [0.717, 1.165) is 27.6 Å². The molecule has 1 aliphatic rings. The van der Waals surface area contributed by atoms with Gasteiger partial charge in [-0.3, -0.25) is 9.78 Å². The molecule has 3 aromatic rings. The number of rotatable bonds is 3. The van der Waals surface area contributed by atoms with E-state index in [2.05, 4.69) is 28.2 Å². The van der Waals surface area contributed by atoms with Gasteiger partial charge in [-0.2, -0.15) is 0 Å². The van der Waals surface area contributed by atoms with Crippen LogP contribution in [0.1, 0.15) is 5.56 Å². The molecule has 5 nitrogen and oxygen atoms in total. The standard InChI is InChI=1S/C20H19N3O2/c24-20(23-9-11-25-12-10-23)4-2-15-5-7-21-14-18(15)16-1-3-19-17(13-16)6-8-22-19/h1-8,13-14,22H,9-12H2/b4-2+. The molecule has 2 aromatic heterocycles. The second-order valence-corrected chi connectivity index (χ2v) is 6.01. The summed E-state index contributed by atoms with van der Waals surface area (Å²) in [4.78, 5) is 21.6. The Morgan fingerprint density at radius 3 is 2.96 bits per heavy atom. The average Bonchev–Trinajstić information content (AvgIpc) is 3.15. The van der Waals surface area contributed by atoms with Gasteiger partial charge in [-0.1, -0.05) is 6.07 Å². The van der Waals surface area contributed by atoms with Crippen molar-refractivity contribution in [3.05, 3.63) is 60.6 Å². The zero-order valence-corrected chi connectivity index (χ0v) is 13.8. The van der Waals surface area contributed by atoms with Crippen LogP contribution in [0.3, 0.4) is 0 Å². The summed E-state index contributed by atoms with van der Waals surface area (Å²) in [6.45, 7) is 2.51. The van der Waals surface area contributed by atoms with Crippen LogP contribution in [0.15, 0.2) is 55.0 Å². The number of benzene rings is 1. The Kier molecular flexibility index (Phi) is 4.31. The predicted molar refractivity (Wildman–Crippen MR) is 98.0 cm³/mol. The number of H-pyrrole nitrogens is 1. The first-order valence-corrected chi connectivity index (χ1v) is 8.37. The SMILES string of the molecule is O=C(/C=C/c1ccncc1-c1ccc2[nH]ccc2c1)N1CCOCC1. The highest BCUT2D eigenvalue weighted by Crippen LogP contribution is 2.27. The van der Waals surface area contributed by atoms with E-state index in [-0.39, 0.29) is 5.91 Å². The van der Waals surface area contributed by atoms with Crippen molar-refractivity contribution in [3.63, 3.8) is 0 Å². The number of carbonyl (C=O) groups excluding carboxylic acids is 1. The number of nitrogens with one attached hydrogen (secondary N) is 1. The van der Waals surface area contributed by atoms with E-state index < -0.39 is 0 Å². The Morgan fingerprint density at radius 1 is 1.20 bits per heavy atom. The molecule has 5 heteroatoms. The molecule has 0 atom stereocenters. The number of carbonyl (C=O) groups is 1. The molecule has 0 radical (unpaired) electrons. The third-order valence-corrected chi connectivity index (χ3v) is 4.45. The van der Waals surface area contributed by atoms with Crippen LogP contribution < -0.4 is 0 Å². The van der Waals surface area contributed by atoms with Crippen LogP contribution >= 0.6 is 0 Å². The quantitative estimate of drug-likeness (QED) is 0.749. The second kappa shape index (κ2) is 6.91. The highest BCUT2D eigenvalue weighted by atomic mass is 16.5. The van der Waals surface area contributed by atoms with Crippen molar-refractivity contribution in [2.75, 3.05) is 26.3 Å². The Bertz CT molecular complexity index is 923. The van der Waals surface area contributed by atoms with Crippen molar-refractivity contribution in [1.29, 1.82) is 0 Å². The topological polar surface area (TPSA) is 58.2 Å². The van der Waals surface area contributed by atoms with Crippen LogP contribution in [0.5, 0.6) is 0 Å². The Hall–Kier alpha value is -2.92. The van der Waals surface area contributed by atoms with E-state index in [0.29, 0.717) is 26.3 Å². The molecular formula is C20H19N3O2. The van der Waals surface area contributed by atoms with Gasteiger partial charge in [-0.25, -0.2) is 0 Å². The molecule has 126 valence electrons. The fourth-order valence-corrected chi connectivity index (χ4v) is 3.06. The highest BCUT2D eigenvalue weighted by Gasteiger charge is 2.14. The van der Waals surface area contributed by atoms with Gasteiger partial charge in [0.2, 0.25) is 5.91 Å². The van der Waals surface area contributed by atoms with Gasteiger partial charge in [-0.15, -0.1) is 0 Å². The molecule has 1 aliphatic heterocycles. The maximum atomic E-state index is 12.3. The molecule has 0 saturated carbocycles. The zero-order valence-electron chi connectivity index (χ0n) is 13.8. The molecule has 0 bridgehead atoms. The van der Waals surface area contributed by atoms with E-state index >= 15 is 0 Å². The van der Waals surface area contributed by atoms with E-state index in [4.69, 9.17) is 4.74 Å².